The van der Waals surface area contributed by atoms with Gasteiger partial charge in [-0.15, -0.1) is 0 Å². The second kappa shape index (κ2) is 7.10. The highest BCUT2D eigenvalue weighted by molar-refractivity contribution is 5.81. The van der Waals surface area contributed by atoms with E-state index in [9.17, 15) is 4.79 Å². The van der Waals surface area contributed by atoms with Crippen LogP contribution in [0.3, 0.4) is 0 Å². The van der Waals surface area contributed by atoms with Crippen molar-refractivity contribution < 1.29 is 4.79 Å². The van der Waals surface area contributed by atoms with Gasteiger partial charge in [0.05, 0.1) is 0 Å². The van der Waals surface area contributed by atoms with E-state index in [0.717, 1.165) is 56.8 Å². The van der Waals surface area contributed by atoms with Crippen molar-refractivity contribution in [2.75, 3.05) is 33.2 Å². The number of nitrogens with one attached hydrogen (secondary N) is 2. The number of rotatable bonds is 2. The van der Waals surface area contributed by atoms with Gasteiger partial charge >= 0.3 is 0 Å². The van der Waals surface area contributed by atoms with Crippen LogP contribution < -0.4 is 10.6 Å². The standard InChI is InChI=1S/C18H32N4O/c1-14-4-6-15(7-5-14)11-20-17(19-2)22-9-3-8-18(13-22)10-16(23)21-12-18/h14-15H,3-13H2,1-2H3,(H,19,20)(H,21,23). The van der Waals surface area contributed by atoms with E-state index in [1.54, 1.807) is 0 Å². The maximum absolute atomic E-state index is 11.6. The van der Waals surface area contributed by atoms with Crippen LogP contribution in [0.1, 0.15) is 51.9 Å². The summed E-state index contributed by atoms with van der Waals surface area (Å²) in [5.74, 6) is 2.93. The molecule has 1 atom stereocenters. The number of amides is 1. The topological polar surface area (TPSA) is 56.7 Å². The average Bonchev–Trinajstić information content (AvgIpc) is 2.90. The van der Waals surface area contributed by atoms with Crippen molar-refractivity contribution in [3.63, 3.8) is 0 Å². The lowest BCUT2D eigenvalue weighted by atomic mass is 9.79. The Balaban J connectivity index is 1.53. The first-order chi connectivity index (χ1) is 11.1. The predicted octanol–water partition coefficient (Wildman–Crippen LogP) is 1.99. The molecule has 1 unspecified atom stereocenters. The first-order valence-corrected chi connectivity index (χ1v) is 9.32. The molecular weight excluding hydrogens is 288 g/mol. The van der Waals surface area contributed by atoms with Gasteiger partial charge in [-0.3, -0.25) is 9.79 Å². The maximum Gasteiger partial charge on any atom is 0.220 e. The maximum atomic E-state index is 11.6. The van der Waals surface area contributed by atoms with Crippen LogP contribution >= 0.6 is 0 Å². The van der Waals surface area contributed by atoms with E-state index in [2.05, 4.69) is 27.4 Å². The zero-order valence-corrected chi connectivity index (χ0v) is 14.7. The van der Waals surface area contributed by atoms with Gasteiger partial charge in [-0.25, -0.2) is 0 Å². The van der Waals surface area contributed by atoms with Gasteiger partial charge in [0, 0.05) is 45.1 Å². The predicted molar refractivity (Wildman–Crippen MR) is 93.4 cm³/mol. The number of likely N-dealkylation sites (tertiary alicyclic amines) is 1. The molecule has 5 heteroatoms. The van der Waals surface area contributed by atoms with Gasteiger partial charge in [0.15, 0.2) is 5.96 Å². The third-order valence-corrected chi connectivity index (χ3v) is 6.05. The fourth-order valence-corrected chi connectivity index (χ4v) is 4.53. The molecule has 0 aromatic carbocycles. The molecular formula is C18H32N4O. The molecule has 0 bridgehead atoms. The minimum atomic E-state index is 0.132. The smallest absolute Gasteiger partial charge is 0.220 e. The normalized spacial score (nSPS) is 35.5. The lowest BCUT2D eigenvalue weighted by Crippen LogP contribution is -2.52. The van der Waals surface area contributed by atoms with Crippen molar-refractivity contribution in [2.45, 2.75) is 51.9 Å². The number of carbonyl (C=O) groups excluding carboxylic acids is 1. The summed E-state index contributed by atoms with van der Waals surface area (Å²) in [5.41, 5.74) is 0.132. The Morgan fingerprint density at radius 2 is 2.17 bits per heavy atom. The SMILES string of the molecule is CN=C(NCC1CCC(C)CC1)N1CCCC2(CNC(=O)C2)C1. The molecule has 130 valence electrons. The van der Waals surface area contributed by atoms with Crippen LogP contribution in [0.25, 0.3) is 0 Å². The van der Waals surface area contributed by atoms with E-state index in [-0.39, 0.29) is 11.3 Å². The Morgan fingerprint density at radius 3 is 2.83 bits per heavy atom. The van der Waals surface area contributed by atoms with Gasteiger partial charge in [0.1, 0.15) is 0 Å². The van der Waals surface area contributed by atoms with E-state index >= 15 is 0 Å². The number of carbonyl (C=O) groups is 1. The molecule has 5 nitrogen and oxygen atoms in total. The van der Waals surface area contributed by atoms with Gasteiger partial charge in [0.2, 0.25) is 5.91 Å². The largest absolute Gasteiger partial charge is 0.356 e. The summed E-state index contributed by atoms with van der Waals surface area (Å²) < 4.78 is 0. The first kappa shape index (κ1) is 16.6. The second-order valence-electron chi connectivity index (χ2n) is 8.03. The Kier molecular flexibility index (Phi) is 5.12. The van der Waals surface area contributed by atoms with Crippen LogP contribution in [0.4, 0.5) is 0 Å². The van der Waals surface area contributed by atoms with Crippen LogP contribution in [-0.4, -0.2) is 50.0 Å². The van der Waals surface area contributed by atoms with Crippen molar-refractivity contribution in [1.82, 2.24) is 15.5 Å². The fourth-order valence-electron chi connectivity index (χ4n) is 4.53. The molecule has 3 fully saturated rings. The zero-order chi connectivity index (χ0) is 16.3. The molecule has 1 amide bonds. The third kappa shape index (κ3) is 3.99. The van der Waals surface area contributed by atoms with E-state index in [1.807, 2.05) is 7.05 Å². The van der Waals surface area contributed by atoms with Gasteiger partial charge < -0.3 is 15.5 Å². The summed E-state index contributed by atoms with van der Waals surface area (Å²) in [6.07, 6.45) is 8.40. The number of hydrogen-bond donors (Lipinski definition) is 2. The molecule has 2 heterocycles. The van der Waals surface area contributed by atoms with Crippen molar-refractivity contribution in [3.05, 3.63) is 0 Å². The number of guanidine groups is 1. The van der Waals surface area contributed by atoms with E-state index in [4.69, 9.17) is 0 Å². The van der Waals surface area contributed by atoms with E-state index in [0.29, 0.717) is 6.42 Å². The number of piperidine rings is 1. The summed E-state index contributed by atoms with van der Waals surface area (Å²) >= 11 is 0. The lowest BCUT2D eigenvalue weighted by Gasteiger charge is -2.41. The van der Waals surface area contributed by atoms with Crippen molar-refractivity contribution >= 4 is 11.9 Å². The second-order valence-corrected chi connectivity index (χ2v) is 8.03. The monoisotopic (exact) mass is 320 g/mol. The highest BCUT2D eigenvalue weighted by Gasteiger charge is 2.42. The molecule has 0 aromatic heterocycles. The Hall–Kier alpha value is -1.26. The molecule has 23 heavy (non-hydrogen) atoms. The molecule has 2 aliphatic heterocycles. The van der Waals surface area contributed by atoms with Crippen molar-refractivity contribution in [3.8, 4) is 0 Å². The van der Waals surface area contributed by atoms with Gasteiger partial charge in [-0.2, -0.15) is 0 Å². The van der Waals surface area contributed by atoms with Crippen LogP contribution in [0.5, 0.6) is 0 Å². The molecule has 1 aliphatic carbocycles. The van der Waals surface area contributed by atoms with Crippen LogP contribution in [0.15, 0.2) is 4.99 Å². The van der Waals surface area contributed by atoms with Gasteiger partial charge in [0.25, 0.3) is 0 Å². The average molecular weight is 320 g/mol. The molecule has 1 saturated carbocycles. The minimum absolute atomic E-state index is 0.132. The quantitative estimate of drug-likeness (QED) is 0.604. The van der Waals surface area contributed by atoms with Crippen molar-refractivity contribution in [1.29, 1.82) is 0 Å². The summed E-state index contributed by atoms with van der Waals surface area (Å²) in [5, 5.41) is 6.63. The summed E-state index contributed by atoms with van der Waals surface area (Å²) in [6.45, 7) is 6.25. The lowest BCUT2D eigenvalue weighted by molar-refractivity contribution is -0.119. The van der Waals surface area contributed by atoms with E-state index in [1.165, 1.54) is 25.7 Å². The molecule has 2 saturated heterocycles. The molecule has 0 aromatic rings. The molecule has 1 spiro atoms. The zero-order valence-electron chi connectivity index (χ0n) is 14.7. The summed E-state index contributed by atoms with van der Waals surface area (Å²) in [7, 11) is 1.88. The molecule has 2 N–H and O–H groups in total. The van der Waals surface area contributed by atoms with Gasteiger partial charge in [-0.05, 0) is 37.5 Å². The van der Waals surface area contributed by atoms with Crippen LogP contribution in [-0.2, 0) is 4.79 Å². The number of aliphatic imine (C=N–C) groups is 1. The van der Waals surface area contributed by atoms with Crippen LogP contribution in [0, 0.1) is 17.3 Å². The van der Waals surface area contributed by atoms with Crippen molar-refractivity contribution in [2.24, 2.45) is 22.2 Å². The number of nitrogens with zero attached hydrogens (tertiary/aromatic N) is 2. The third-order valence-electron chi connectivity index (χ3n) is 6.05. The molecule has 3 aliphatic rings. The highest BCUT2D eigenvalue weighted by Crippen LogP contribution is 2.36. The summed E-state index contributed by atoms with van der Waals surface area (Å²) in [6, 6.07) is 0. The Labute approximate surface area is 140 Å². The first-order valence-electron chi connectivity index (χ1n) is 9.32. The Morgan fingerprint density at radius 1 is 1.39 bits per heavy atom. The Bertz CT molecular complexity index is 456. The molecule has 3 rings (SSSR count). The van der Waals surface area contributed by atoms with E-state index < -0.39 is 0 Å². The minimum Gasteiger partial charge on any atom is -0.356 e. The van der Waals surface area contributed by atoms with Gasteiger partial charge in [-0.1, -0.05) is 19.8 Å². The number of hydrogen-bond acceptors (Lipinski definition) is 2. The summed E-state index contributed by atoms with van der Waals surface area (Å²) in [4.78, 5) is 18.5. The highest BCUT2D eigenvalue weighted by atomic mass is 16.1. The van der Waals surface area contributed by atoms with Crippen LogP contribution in [0.2, 0.25) is 0 Å². The fraction of sp³-hybridized carbons (Fsp3) is 0.889. The molecule has 0 radical (unpaired) electrons.